The van der Waals surface area contributed by atoms with Crippen molar-refractivity contribution in [3.63, 3.8) is 0 Å². The van der Waals surface area contributed by atoms with Crippen LogP contribution in [0.3, 0.4) is 0 Å². The van der Waals surface area contributed by atoms with Gasteiger partial charge in [0.25, 0.3) is 0 Å². The number of hydrogen-bond donors (Lipinski definition) is 1. The van der Waals surface area contributed by atoms with Crippen LogP contribution in [0, 0.1) is 11.3 Å². The Kier molecular flexibility index (Phi) is 6.65. The topological polar surface area (TPSA) is 29.3 Å². The summed E-state index contributed by atoms with van der Waals surface area (Å²) in [6, 6.07) is 0.839. The molecule has 1 rings (SSSR count). The maximum atomic E-state index is 5.67. The quantitative estimate of drug-likeness (QED) is 0.751. The van der Waals surface area contributed by atoms with Gasteiger partial charge in [-0.15, -0.1) is 0 Å². The molecule has 2 N–H and O–H groups in total. The largest absolute Gasteiger partial charge is 0.330 e. The van der Waals surface area contributed by atoms with E-state index in [0.717, 1.165) is 24.9 Å². The van der Waals surface area contributed by atoms with Crippen LogP contribution in [-0.4, -0.2) is 31.1 Å². The lowest BCUT2D eigenvalue weighted by Gasteiger charge is -2.35. The minimum absolute atomic E-state index is 0.426. The van der Waals surface area contributed by atoms with E-state index >= 15 is 0 Å². The monoisotopic (exact) mass is 254 g/mol. The van der Waals surface area contributed by atoms with Crippen molar-refractivity contribution in [2.45, 2.75) is 71.8 Å². The fourth-order valence-electron chi connectivity index (χ4n) is 3.31. The molecule has 18 heavy (non-hydrogen) atoms. The molecule has 0 radical (unpaired) electrons. The van der Waals surface area contributed by atoms with Crippen LogP contribution < -0.4 is 5.73 Å². The van der Waals surface area contributed by atoms with Crippen molar-refractivity contribution in [3.8, 4) is 0 Å². The first kappa shape index (κ1) is 16.0. The highest BCUT2D eigenvalue weighted by Gasteiger charge is 2.23. The first-order valence-electron chi connectivity index (χ1n) is 7.85. The van der Waals surface area contributed by atoms with Crippen LogP contribution in [0.25, 0.3) is 0 Å². The van der Waals surface area contributed by atoms with Crippen LogP contribution in [0.1, 0.15) is 65.7 Å². The van der Waals surface area contributed by atoms with Gasteiger partial charge in [-0.05, 0) is 63.6 Å². The Morgan fingerprint density at radius 1 is 1.22 bits per heavy atom. The zero-order valence-electron chi connectivity index (χ0n) is 13.0. The lowest BCUT2D eigenvalue weighted by atomic mass is 9.84. The first-order valence-corrected chi connectivity index (χ1v) is 7.85. The molecule has 0 amide bonds. The van der Waals surface area contributed by atoms with Gasteiger partial charge in [0.1, 0.15) is 0 Å². The third-order valence-electron chi connectivity index (χ3n) is 4.72. The summed E-state index contributed by atoms with van der Waals surface area (Å²) in [6.07, 6.45) is 9.45. The van der Waals surface area contributed by atoms with Crippen molar-refractivity contribution < 1.29 is 0 Å². The van der Waals surface area contributed by atoms with Gasteiger partial charge < -0.3 is 10.6 Å². The van der Waals surface area contributed by atoms with Gasteiger partial charge in [-0.25, -0.2) is 0 Å². The molecule has 0 aromatic carbocycles. The standard InChI is InChI=1S/C16H34N2/c1-14-7-5-8-15(13-14)18(4)12-6-9-16(2,3)10-11-17/h14-15H,5-13,17H2,1-4H3. The lowest BCUT2D eigenvalue weighted by Crippen LogP contribution is -2.36. The van der Waals surface area contributed by atoms with Gasteiger partial charge in [-0.3, -0.25) is 0 Å². The van der Waals surface area contributed by atoms with Crippen LogP contribution in [-0.2, 0) is 0 Å². The predicted molar refractivity (Wildman–Crippen MR) is 80.7 cm³/mol. The Morgan fingerprint density at radius 2 is 1.94 bits per heavy atom. The van der Waals surface area contributed by atoms with Gasteiger partial charge in [0, 0.05) is 6.04 Å². The molecule has 2 heteroatoms. The van der Waals surface area contributed by atoms with Gasteiger partial charge >= 0.3 is 0 Å². The average molecular weight is 254 g/mol. The molecular formula is C16H34N2. The molecule has 0 saturated heterocycles. The summed E-state index contributed by atoms with van der Waals surface area (Å²) < 4.78 is 0. The van der Waals surface area contributed by atoms with Gasteiger partial charge in [-0.1, -0.05) is 33.6 Å². The molecule has 2 atom stereocenters. The second-order valence-corrected chi connectivity index (χ2v) is 7.21. The van der Waals surface area contributed by atoms with Crippen LogP contribution in [0.5, 0.6) is 0 Å². The minimum atomic E-state index is 0.426. The zero-order chi connectivity index (χ0) is 13.6. The van der Waals surface area contributed by atoms with Gasteiger partial charge in [0.05, 0.1) is 0 Å². The Hall–Kier alpha value is -0.0800. The molecule has 0 spiro atoms. The van der Waals surface area contributed by atoms with E-state index in [0.29, 0.717) is 5.41 Å². The minimum Gasteiger partial charge on any atom is -0.330 e. The Bertz CT molecular complexity index is 225. The highest BCUT2D eigenvalue weighted by Crippen LogP contribution is 2.28. The Labute approximate surface area is 114 Å². The molecule has 0 aromatic heterocycles. The maximum Gasteiger partial charge on any atom is 0.00947 e. The third kappa shape index (κ3) is 5.71. The van der Waals surface area contributed by atoms with Crippen LogP contribution in [0.2, 0.25) is 0 Å². The molecule has 2 nitrogen and oxygen atoms in total. The van der Waals surface area contributed by atoms with Gasteiger partial charge in [0.2, 0.25) is 0 Å². The van der Waals surface area contributed by atoms with Gasteiger partial charge in [-0.2, -0.15) is 0 Å². The van der Waals surface area contributed by atoms with E-state index in [4.69, 9.17) is 5.73 Å². The van der Waals surface area contributed by atoms with Crippen molar-refractivity contribution >= 4 is 0 Å². The van der Waals surface area contributed by atoms with E-state index in [1.165, 1.54) is 45.1 Å². The van der Waals surface area contributed by atoms with Gasteiger partial charge in [0.15, 0.2) is 0 Å². The van der Waals surface area contributed by atoms with Crippen LogP contribution in [0.15, 0.2) is 0 Å². The van der Waals surface area contributed by atoms with E-state index in [9.17, 15) is 0 Å². The Morgan fingerprint density at radius 3 is 2.56 bits per heavy atom. The van der Waals surface area contributed by atoms with E-state index in [-0.39, 0.29) is 0 Å². The van der Waals surface area contributed by atoms with Crippen LogP contribution >= 0.6 is 0 Å². The van der Waals surface area contributed by atoms with Crippen molar-refractivity contribution in [1.82, 2.24) is 4.90 Å². The smallest absolute Gasteiger partial charge is 0.00947 e. The van der Waals surface area contributed by atoms with Crippen molar-refractivity contribution in [2.75, 3.05) is 20.1 Å². The zero-order valence-corrected chi connectivity index (χ0v) is 13.0. The normalized spacial score (nSPS) is 25.7. The van der Waals surface area contributed by atoms with Crippen molar-refractivity contribution in [2.24, 2.45) is 17.1 Å². The van der Waals surface area contributed by atoms with E-state index in [1.807, 2.05) is 0 Å². The third-order valence-corrected chi connectivity index (χ3v) is 4.72. The predicted octanol–water partition coefficient (Wildman–Crippen LogP) is 3.65. The molecule has 2 unspecified atom stereocenters. The average Bonchev–Trinajstić information content (AvgIpc) is 2.28. The Balaban J connectivity index is 2.22. The summed E-state index contributed by atoms with van der Waals surface area (Å²) in [4.78, 5) is 2.61. The molecule has 1 aliphatic carbocycles. The fraction of sp³-hybridized carbons (Fsp3) is 1.00. The molecule has 0 aromatic rings. The van der Waals surface area contributed by atoms with E-state index in [1.54, 1.807) is 0 Å². The molecule has 1 aliphatic rings. The van der Waals surface area contributed by atoms with E-state index < -0.39 is 0 Å². The summed E-state index contributed by atoms with van der Waals surface area (Å²) in [6.45, 7) is 9.18. The highest BCUT2D eigenvalue weighted by molar-refractivity contribution is 4.78. The lowest BCUT2D eigenvalue weighted by molar-refractivity contribution is 0.154. The highest BCUT2D eigenvalue weighted by atomic mass is 15.1. The van der Waals surface area contributed by atoms with Crippen molar-refractivity contribution in [3.05, 3.63) is 0 Å². The second-order valence-electron chi connectivity index (χ2n) is 7.21. The number of nitrogens with zero attached hydrogens (tertiary/aromatic N) is 1. The first-order chi connectivity index (χ1) is 8.44. The molecule has 1 saturated carbocycles. The SMILES string of the molecule is CC1CCCC(N(C)CCCC(C)(C)CCN)C1. The number of rotatable bonds is 7. The molecule has 108 valence electrons. The summed E-state index contributed by atoms with van der Waals surface area (Å²) in [5.74, 6) is 0.930. The molecule has 1 fully saturated rings. The number of hydrogen-bond acceptors (Lipinski definition) is 2. The fourth-order valence-corrected chi connectivity index (χ4v) is 3.31. The summed E-state index contributed by atoms with van der Waals surface area (Å²) >= 11 is 0. The molecule has 0 aliphatic heterocycles. The summed E-state index contributed by atoms with van der Waals surface area (Å²) in [5.41, 5.74) is 6.09. The summed E-state index contributed by atoms with van der Waals surface area (Å²) in [7, 11) is 2.32. The van der Waals surface area contributed by atoms with Crippen molar-refractivity contribution in [1.29, 1.82) is 0 Å². The molecule has 0 heterocycles. The maximum absolute atomic E-state index is 5.67. The summed E-state index contributed by atoms with van der Waals surface area (Å²) in [5, 5.41) is 0. The van der Waals surface area contributed by atoms with Crippen LogP contribution in [0.4, 0.5) is 0 Å². The molecule has 0 bridgehead atoms. The number of nitrogens with two attached hydrogens (primary N) is 1. The molecular weight excluding hydrogens is 220 g/mol. The van der Waals surface area contributed by atoms with E-state index in [2.05, 4.69) is 32.7 Å². The second kappa shape index (κ2) is 7.49.